The molecule has 9 nitrogen and oxygen atoms in total. The minimum Gasteiger partial charge on any atom is -0.461 e. The first-order valence-electron chi connectivity index (χ1n) is 6.59. The molecule has 2 rings (SSSR count). The predicted octanol–water partition coefficient (Wildman–Crippen LogP) is 0.649. The first-order chi connectivity index (χ1) is 10.5. The summed E-state index contributed by atoms with van der Waals surface area (Å²) in [5.41, 5.74) is 0.831. The molecule has 0 aromatic carbocycles. The Balaban J connectivity index is 2.09. The number of methoxy groups -OCH3 is 1. The second kappa shape index (κ2) is 6.85. The number of aromatic nitrogens is 4. The fourth-order valence-corrected chi connectivity index (χ4v) is 1.80. The Labute approximate surface area is 126 Å². The summed E-state index contributed by atoms with van der Waals surface area (Å²) in [6.07, 6.45) is 3.11. The van der Waals surface area contributed by atoms with Gasteiger partial charge in [0.1, 0.15) is 12.4 Å². The molecule has 1 amide bonds. The van der Waals surface area contributed by atoms with E-state index in [0.29, 0.717) is 5.69 Å². The standard InChI is InChI=1S/C13H17N5O4/c1-4-22-13(20)11-5-10(16-17(11)2)12(19)15-9-6-14-18(7-9)8-21-3/h5-7H,4,8H2,1-3H3,(H,15,19). The van der Waals surface area contributed by atoms with Crippen molar-refractivity contribution < 1.29 is 19.1 Å². The van der Waals surface area contributed by atoms with Gasteiger partial charge in [0.05, 0.1) is 24.7 Å². The SMILES string of the molecule is CCOC(=O)c1cc(C(=O)Nc2cnn(COC)c2)nn1C. The summed E-state index contributed by atoms with van der Waals surface area (Å²) in [7, 11) is 3.12. The van der Waals surface area contributed by atoms with Crippen LogP contribution in [0, 0.1) is 0 Å². The van der Waals surface area contributed by atoms with Crippen molar-refractivity contribution in [3.8, 4) is 0 Å². The summed E-state index contributed by atoms with van der Waals surface area (Å²) in [6.45, 7) is 2.25. The molecule has 0 saturated heterocycles. The molecule has 2 aromatic rings. The zero-order valence-corrected chi connectivity index (χ0v) is 12.6. The Kier molecular flexibility index (Phi) is 4.89. The number of nitrogens with zero attached hydrogens (tertiary/aromatic N) is 4. The van der Waals surface area contributed by atoms with Crippen molar-refractivity contribution in [2.24, 2.45) is 7.05 Å². The summed E-state index contributed by atoms with van der Waals surface area (Å²) in [6, 6.07) is 1.38. The lowest BCUT2D eigenvalue weighted by atomic mass is 10.3. The molecular weight excluding hydrogens is 290 g/mol. The van der Waals surface area contributed by atoms with Crippen LogP contribution in [-0.4, -0.2) is 45.2 Å². The van der Waals surface area contributed by atoms with E-state index < -0.39 is 11.9 Å². The molecule has 0 bridgehead atoms. The van der Waals surface area contributed by atoms with Gasteiger partial charge in [-0.25, -0.2) is 9.48 Å². The van der Waals surface area contributed by atoms with E-state index in [1.54, 1.807) is 27.3 Å². The number of hydrogen-bond acceptors (Lipinski definition) is 6. The Morgan fingerprint density at radius 3 is 2.86 bits per heavy atom. The van der Waals surface area contributed by atoms with E-state index in [1.165, 1.54) is 21.6 Å². The van der Waals surface area contributed by atoms with Crippen LogP contribution in [0.4, 0.5) is 5.69 Å². The molecule has 0 radical (unpaired) electrons. The number of nitrogens with one attached hydrogen (secondary N) is 1. The number of carbonyl (C=O) groups excluding carboxylic acids is 2. The van der Waals surface area contributed by atoms with Gasteiger partial charge in [0.25, 0.3) is 5.91 Å². The first-order valence-corrected chi connectivity index (χ1v) is 6.59. The predicted molar refractivity (Wildman–Crippen MR) is 76.4 cm³/mol. The topological polar surface area (TPSA) is 100 Å². The lowest BCUT2D eigenvalue weighted by Gasteiger charge is -1.99. The second-order valence-electron chi connectivity index (χ2n) is 4.40. The normalized spacial score (nSPS) is 10.5. The third-order valence-electron chi connectivity index (χ3n) is 2.75. The van der Waals surface area contributed by atoms with E-state index in [1.807, 2.05) is 0 Å². The molecular formula is C13H17N5O4. The number of hydrogen-bond donors (Lipinski definition) is 1. The highest BCUT2D eigenvalue weighted by atomic mass is 16.5. The minimum atomic E-state index is -0.524. The quantitative estimate of drug-likeness (QED) is 0.786. The van der Waals surface area contributed by atoms with Gasteiger partial charge in [-0.2, -0.15) is 10.2 Å². The summed E-state index contributed by atoms with van der Waals surface area (Å²) in [4.78, 5) is 23.8. The number of aryl methyl sites for hydroxylation is 1. The molecule has 0 aliphatic carbocycles. The van der Waals surface area contributed by atoms with Crippen LogP contribution >= 0.6 is 0 Å². The molecule has 0 aliphatic rings. The molecule has 9 heteroatoms. The maximum Gasteiger partial charge on any atom is 0.356 e. The van der Waals surface area contributed by atoms with E-state index >= 15 is 0 Å². The highest BCUT2D eigenvalue weighted by Crippen LogP contribution is 2.10. The maximum absolute atomic E-state index is 12.1. The van der Waals surface area contributed by atoms with Crippen LogP contribution in [0.1, 0.15) is 27.9 Å². The molecule has 118 valence electrons. The Morgan fingerprint density at radius 2 is 2.18 bits per heavy atom. The van der Waals surface area contributed by atoms with Crippen molar-refractivity contribution in [1.29, 1.82) is 0 Å². The number of rotatable bonds is 6. The third kappa shape index (κ3) is 3.50. The van der Waals surface area contributed by atoms with Crippen LogP contribution in [-0.2, 0) is 23.3 Å². The van der Waals surface area contributed by atoms with Gasteiger partial charge in [-0.3, -0.25) is 9.48 Å². The Morgan fingerprint density at radius 1 is 1.41 bits per heavy atom. The van der Waals surface area contributed by atoms with E-state index in [9.17, 15) is 9.59 Å². The van der Waals surface area contributed by atoms with Crippen molar-refractivity contribution in [2.45, 2.75) is 13.7 Å². The van der Waals surface area contributed by atoms with Crippen molar-refractivity contribution in [2.75, 3.05) is 19.0 Å². The molecule has 0 fully saturated rings. The van der Waals surface area contributed by atoms with Gasteiger partial charge in [-0.15, -0.1) is 0 Å². The Bertz CT molecular complexity index is 676. The molecule has 0 aliphatic heterocycles. The summed E-state index contributed by atoms with van der Waals surface area (Å²) < 4.78 is 12.6. The van der Waals surface area contributed by atoms with Gasteiger partial charge in [0, 0.05) is 20.2 Å². The summed E-state index contributed by atoms with van der Waals surface area (Å²) >= 11 is 0. The molecule has 0 spiro atoms. The van der Waals surface area contributed by atoms with E-state index in [2.05, 4.69) is 15.5 Å². The number of anilines is 1. The molecule has 2 aromatic heterocycles. The number of amides is 1. The second-order valence-corrected chi connectivity index (χ2v) is 4.40. The molecule has 0 unspecified atom stereocenters. The lowest BCUT2D eigenvalue weighted by Crippen LogP contribution is -2.12. The minimum absolute atomic E-state index is 0.116. The van der Waals surface area contributed by atoms with Crippen LogP contribution in [0.15, 0.2) is 18.5 Å². The fourth-order valence-electron chi connectivity index (χ4n) is 1.80. The largest absolute Gasteiger partial charge is 0.461 e. The van der Waals surface area contributed by atoms with Crippen molar-refractivity contribution in [1.82, 2.24) is 19.6 Å². The van der Waals surface area contributed by atoms with Gasteiger partial charge >= 0.3 is 5.97 Å². The van der Waals surface area contributed by atoms with E-state index in [-0.39, 0.29) is 24.7 Å². The number of carbonyl (C=O) groups is 2. The van der Waals surface area contributed by atoms with Gasteiger partial charge in [0.2, 0.25) is 0 Å². The van der Waals surface area contributed by atoms with Crippen LogP contribution in [0.3, 0.4) is 0 Å². The molecule has 22 heavy (non-hydrogen) atoms. The molecule has 2 heterocycles. The van der Waals surface area contributed by atoms with Crippen LogP contribution in [0.25, 0.3) is 0 Å². The Hall–Kier alpha value is -2.68. The molecule has 0 atom stereocenters. The van der Waals surface area contributed by atoms with E-state index in [0.717, 1.165) is 0 Å². The summed E-state index contributed by atoms with van der Waals surface area (Å²) in [5.74, 6) is -0.965. The van der Waals surface area contributed by atoms with E-state index in [4.69, 9.17) is 9.47 Å². The molecule has 0 saturated carbocycles. The third-order valence-corrected chi connectivity index (χ3v) is 2.75. The van der Waals surface area contributed by atoms with Crippen molar-refractivity contribution >= 4 is 17.6 Å². The number of esters is 1. The summed E-state index contributed by atoms with van der Waals surface area (Å²) in [5, 5.41) is 10.7. The van der Waals surface area contributed by atoms with Crippen LogP contribution in [0.5, 0.6) is 0 Å². The average Bonchev–Trinajstić information content (AvgIpc) is 3.06. The van der Waals surface area contributed by atoms with Gasteiger partial charge in [0.15, 0.2) is 5.69 Å². The van der Waals surface area contributed by atoms with Crippen molar-refractivity contribution in [3.63, 3.8) is 0 Å². The van der Waals surface area contributed by atoms with Crippen LogP contribution in [0.2, 0.25) is 0 Å². The smallest absolute Gasteiger partial charge is 0.356 e. The van der Waals surface area contributed by atoms with Crippen molar-refractivity contribution in [3.05, 3.63) is 29.8 Å². The molecule has 1 N–H and O–H groups in total. The highest BCUT2D eigenvalue weighted by molar-refractivity contribution is 6.04. The lowest BCUT2D eigenvalue weighted by molar-refractivity contribution is 0.0513. The first kappa shape index (κ1) is 15.7. The number of ether oxygens (including phenoxy) is 2. The van der Waals surface area contributed by atoms with Crippen LogP contribution < -0.4 is 5.32 Å². The maximum atomic E-state index is 12.1. The monoisotopic (exact) mass is 307 g/mol. The fraction of sp³-hybridized carbons (Fsp3) is 0.385. The van der Waals surface area contributed by atoms with Gasteiger partial charge < -0.3 is 14.8 Å². The van der Waals surface area contributed by atoms with Gasteiger partial charge in [-0.05, 0) is 6.92 Å². The van der Waals surface area contributed by atoms with Gasteiger partial charge in [-0.1, -0.05) is 0 Å². The highest BCUT2D eigenvalue weighted by Gasteiger charge is 2.18. The zero-order valence-electron chi connectivity index (χ0n) is 12.6. The zero-order chi connectivity index (χ0) is 16.1. The average molecular weight is 307 g/mol.